The van der Waals surface area contributed by atoms with Gasteiger partial charge in [0, 0.05) is 12.2 Å². The molecule has 0 spiro atoms. The molecule has 0 radical (unpaired) electrons. The minimum Gasteiger partial charge on any atom is -0.459 e. The molecule has 0 aliphatic heterocycles. The topological polar surface area (TPSA) is 97.6 Å². The maximum absolute atomic E-state index is 12.2. The van der Waals surface area contributed by atoms with Crippen molar-refractivity contribution in [3.8, 4) is 0 Å². The van der Waals surface area contributed by atoms with Crippen LogP contribution in [0.3, 0.4) is 0 Å². The van der Waals surface area contributed by atoms with Crippen molar-refractivity contribution in [3.05, 3.63) is 53.5 Å². The second-order valence-electron chi connectivity index (χ2n) is 5.92. The minimum atomic E-state index is -0.941. The summed E-state index contributed by atoms with van der Waals surface area (Å²) >= 11 is 0. The van der Waals surface area contributed by atoms with Crippen LogP contribution < -0.4 is 10.6 Å². The van der Waals surface area contributed by atoms with Crippen LogP contribution in [0, 0.1) is 13.8 Å². The monoisotopic (exact) mass is 358 g/mol. The third-order valence-electron chi connectivity index (χ3n) is 3.69. The Bertz CT molecular complexity index is 783. The number of aryl methyl sites for hydroxylation is 2. The van der Waals surface area contributed by atoms with Crippen LogP contribution in [0.15, 0.2) is 41.0 Å². The Labute approximate surface area is 151 Å². The molecule has 0 aliphatic rings. The molecule has 0 aliphatic carbocycles. The van der Waals surface area contributed by atoms with E-state index in [9.17, 15) is 14.4 Å². The first-order valence-corrected chi connectivity index (χ1v) is 8.26. The molecule has 2 aromatic rings. The van der Waals surface area contributed by atoms with Crippen LogP contribution in [0.1, 0.15) is 35.0 Å². The van der Waals surface area contributed by atoms with Gasteiger partial charge < -0.3 is 19.8 Å². The second kappa shape index (κ2) is 8.84. The van der Waals surface area contributed by atoms with E-state index in [-0.39, 0.29) is 18.7 Å². The lowest BCUT2D eigenvalue weighted by Gasteiger charge is -2.15. The smallest absolute Gasteiger partial charge is 0.308 e. The largest absolute Gasteiger partial charge is 0.459 e. The number of esters is 1. The predicted molar refractivity (Wildman–Crippen MR) is 95.8 cm³/mol. The zero-order valence-electron chi connectivity index (χ0n) is 15.0. The van der Waals surface area contributed by atoms with Gasteiger partial charge in [0.15, 0.2) is 11.9 Å². The van der Waals surface area contributed by atoms with Crippen LogP contribution in [0.25, 0.3) is 0 Å². The van der Waals surface area contributed by atoms with Gasteiger partial charge in [-0.2, -0.15) is 0 Å². The number of nitrogens with one attached hydrogen (secondary N) is 2. The molecule has 1 atom stereocenters. The Hall–Kier alpha value is -3.09. The number of rotatable bonds is 7. The van der Waals surface area contributed by atoms with Gasteiger partial charge in [-0.15, -0.1) is 0 Å². The van der Waals surface area contributed by atoms with Crippen molar-refractivity contribution in [1.29, 1.82) is 0 Å². The van der Waals surface area contributed by atoms with Gasteiger partial charge >= 0.3 is 5.97 Å². The molecule has 1 unspecified atom stereocenters. The summed E-state index contributed by atoms with van der Waals surface area (Å²) in [4.78, 5) is 35.7. The lowest BCUT2D eigenvalue weighted by molar-refractivity contribution is -0.153. The highest BCUT2D eigenvalue weighted by molar-refractivity contribution is 5.96. The Kier molecular flexibility index (Phi) is 6.54. The van der Waals surface area contributed by atoms with Crippen molar-refractivity contribution in [3.63, 3.8) is 0 Å². The minimum absolute atomic E-state index is 0.0481. The van der Waals surface area contributed by atoms with Crippen molar-refractivity contribution in [2.75, 3.05) is 11.9 Å². The summed E-state index contributed by atoms with van der Waals surface area (Å²) in [5, 5.41) is 5.29. The molecular formula is C19H22N2O5. The molecule has 2 N–H and O–H groups in total. The van der Waals surface area contributed by atoms with Crippen molar-refractivity contribution in [1.82, 2.24) is 5.32 Å². The second-order valence-corrected chi connectivity index (χ2v) is 5.92. The fourth-order valence-electron chi connectivity index (χ4n) is 2.19. The molecule has 0 fully saturated rings. The van der Waals surface area contributed by atoms with E-state index >= 15 is 0 Å². The molecule has 138 valence electrons. The first kappa shape index (κ1) is 19.2. The maximum atomic E-state index is 12.2. The molecule has 7 heteroatoms. The van der Waals surface area contributed by atoms with E-state index in [4.69, 9.17) is 9.15 Å². The van der Waals surface area contributed by atoms with E-state index in [0.717, 1.165) is 11.1 Å². The molecule has 0 saturated heterocycles. The zero-order valence-corrected chi connectivity index (χ0v) is 15.0. The average Bonchev–Trinajstić information content (AvgIpc) is 3.12. The standard InChI is InChI=1S/C19H22N2O5/c1-12-6-7-13(2)15(11-12)21-18(23)14(3)26-17(22)8-9-20-19(24)16-5-4-10-25-16/h4-7,10-11,14H,8-9H2,1-3H3,(H,20,24)(H,21,23). The zero-order chi connectivity index (χ0) is 19.1. The van der Waals surface area contributed by atoms with Crippen LogP contribution in [0.5, 0.6) is 0 Å². The SMILES string of the molecule is Cc1ccc(C)c(NC(=O)C(C)OC(=O)CCNC(=O)c2ccco2)c1. The molecule has 7 nitrogen and oxygen atoms in total. The fraction of sp³-hybridized carbons (Fsp3) is 0.316. The number of hydrogen-bond donors (Lipinski definition) is 2. The normalized spacial score (nSPS) is 11.5. The fourth-order valence-corrected chi connectivity index (χ4v) is 2.19. The van der Waals surface area contributed by atoms with Gasteiger partial charge in [0.05, 0.1) is 12.7 Å². The molecular weight excluding hydrogens is 336 g/mol. The maximum Gasteiger partial charge on any atom is 0.308 e. The Morgan fingerprint density at radius 2 is 1.96 bits per heavy atom. The lowest BCUT2D eigenvalue weighted by Crippen LogP contribution is -2.32. The summed E-state index contributed by atoms with van der Waals surface area (Å²) in [6.07, 6.45) is 0.399. The predicted octanol–water partition coefficient (Wildman–Crippen LogP) is 2.59. The van der Waals surface area contributed by atoms with E-state index in [2.05, 4.69) is 10.6 Å². The number of ether oxygens (including phenoxy) is 1. The first-order valence-electron chi connectivity index (χ1n) is 8.26. The molecule has 1 aromatic carbocycles. The van der Waals surface area contributed by atoms with E-state index in [1.165, 1.54) is 19.3 Å². The van der Waals surface area contributed by atoms with Gasteiger partial charge in [-0.05, 0) is 50.1 Å². The molecule has 26 heavy (non-hydrogen) atoms. The number of amides is 2. The summed E-state index contributed by atoms with van der Waals surface area (Å²) in [5.74, 6) is -1.23. The number of hydrogen-bond acceptors (Lipinski definition) is 5. The van der Waals surface area contributed by atoms with Gasteiger partial charge in [0.25, 0.3) is 11.8 Å². The van der Waals surface area contributed by atoms with Crippen LogP contribution in [0.4, 0.5) is 5.69 Å². The number of carbonyl (C=O) groups excluding carboxylic acids is 3. The first-order chi connectivity index (χ1) is 12.4. The van der Waals surface area contributed by atoms with E-state index in [0.29, 0.717) is 5.69 Å². The molecule has 0 bridgehead atoms. The summed E-state index contributed by atoms with van der Waals surface area (Å²) in [5.41, 5.74) is 2.62. The Morgan fingerprint density at radius 1 is 1.19 bits per heavy atom. The van der Waals surface area contributed by atoms with Crippen LogP contribution in [-0.2, 0) is 14.3 Å². The van der Waals surface area contributed by atoms with Crippen molar-refractivity contribution in [2.45, 2.75) is 33.3 Å². The number of benzene rings is 1. The van der Waals surface area contributed by atoms with E-state index < -0.39 is 23.9 Å². The van der Waals surface area contributed by atoms with Crippen LogP contribution >= 0.6 is 0 Å². The molecule has 2 amide bonds. The summed E-state index contributed by atoms with van der Waals surface area (Å²) in [6.45, 7) is 5.40. The quantitative estimate of drug-likeness (QED) is 0.742. The number of furan rings is 1. The van der Waals surface area contributed by atoms with Gasteiger partial charge in [-0.1, -0.05) is 12.1 Å². The van der Waals surface area contributed by atoms with E-state index in [1.807, 2.05) is 32.0 Å². The van der Waals surface area contributed by atoms with Crippen molar-refractivity contribution in [2.24, 2.45) is 0 Å². The average molecular weight is 358 g/mol. The van der Waals surface area contributed by atoms with Gasteiger partial charge in [-0.25, -0.2) is 0 Å². The lowest BCUT2D eigenvalue weighted by atomic mass is 10.1. The van der Waals surface area contributed by atoms with Crippen LogP contribution in [-0.4, -0.2) is 30.4 Å². The number of anilines is 1. The highest BCUT2D eigenvalue weighted by atomic mass is 16.5. The third kappa shape index (κ3) is 5.47. The van der Waals surface area contributed by atoms with Crippen molar-refractivity contribution < 1.29 is 23.5 Å². The third-order valence-corrected chi connectivity index (χ3v) is 3.69. The molecule has 2 rings (SSSR count). The molecule has 1 aromatic heterocycles. The Morgan fingerprint density at radius 3 is 2.65 bits per heavy atom. The van der Waals surface area contributed by atoms with Crippen LogP contribution in [0.2, 0.25) is 0 Å². The molecule has 1 heterocycles. The Balaban J connectivity index is 1.76. The molecule has 0 saturated carbocycles. The summed E-state index contributed by atoms with van der Waals surface area (Å²) < 4.78 is 10.0. The number of carbonyl (C=O) groups is 3. The highest BCUT2D eigenvalue weighted by Crippen LogP contribution is 2.16. The highest BCUT2D eigenvalue weighted by Gasteiger charge is 2.19. The van der Waals surface area contributed by atoms with Crippen molar-refractivity contribution >= 4 is 23.5 Å². The van der Waals surface area contributed by atoms with Gasteiger partial charge in [0.2, 0.25) is 0 Å². The summed E-state index contributed by atoms with van der Waals surface area (Å²) in [7, 11) is 0. The van der Waals surface area contributed by atoms with Gasteiger partial charge in [0.1, 0.15) is 0 Å². The van der Waals surface area contributed by atoms with E-state index in [1.54, 1.807) is 6.07 Å². The van der Waals surface area contributed by atoms with Gasteiger partial charge in [-0.3, -0.25) is 14.4 Å². The summed E-state index contributed by atoms with van der Waals surface area (Å²) in [6, 6.07) is 8.83.